The average molecular weight is 271 g/mol. The Morgan fingerprint density at radius 1 is 1.25 bits per heavy atom. The Morgan fingerprint density at radius 2 is 2.05 bits per heavy atom. The molecule has 0 saturated heterocycles. The van der Waals surface area contributed by atoms with Crippen LogP contribution < -0.4 is 4.74 Å². The highest BCUT2D eigenvalue weighted by molar-refractivity contribution is 5.39. The molecule has 106 valence electrons. The minimum Gasteiger partial charge on any atom is -0.495 e. The van der Waals surface area contributed by atoms with Crippen LogP contribution in [0.5, 0.6) is 5.75 Å². The van der Waals surface area contributed by atoms with Crippen molar-refractivity contribution in [1.82, 2.24) is 4.98 Å². The van der Waals surface area contributed by atoms with Crippen molar-refractivity contribution in [1.29, 1.82) is 0 Å². The van der Waals surface area contributed by atoms with E-state index in [0.717, 1.165) is 17.5 Å². The van der Waals surface area contributed by atoms with Crippen molar-refractivity contribution < 1.29 is 9.84 Å². The van der Waals surface area contributed by atoms with Crippen molar-refractivity contribution in [3.05, 3.63) is 59.4 Å². The smallest absolute Gasteiger partial charge is 0.143 e. The molecule has 3 nitrogen and oxygen atoms in total. The van der Waals surface area contributed by atoms with E-state index in [1.54, 1.807) is 25.6 Å². The topological polar surface area (TPSA) is 42.4 Å². The van der Waals surface area contributed by atoms with Gasteiger partial charge in [-0.1, -0.05) is 38.1 Å². The fraction of sp³-hybridized carbons (Fsp3) is 0.353. The monoisotopic (exact) mass is 271 g/mol. The van der Waals surface area contributed by atoms with Gasteiger partial charge in [0.25, 0.3) is 0 Å². The molecule has 0 bridgehead atoms. The summed E-state index contributed by atoms with van der Waals surface area (Å²) >= 11 is 0. The molecule has 1 atom stereocenters. The van der Waals surface area contributed by atoms with Crippen LogP contribution in [0.1, 0.15) is 36.6 Å². The largest absolute Gasteiger partial charge is 0.495 e. The second kappa shape index (κ2) is 6.53. The minimum atomic E-state index is -0.694. The molecule has 1 aromatic carbocycles. The summed E-state index contributed by atoms with van der Waals surface area (Å²) in [5, 5.41) is 10.6. The summed E-state index contributed by atoms with van der Waals surface area (Å²) in [6.45, 7) is 4.38. The van der Waals surface area contributed by atoms with Crippen molar-refractivity contribution in [2.24, 2.45) is 5.92 Å². The van der Waals surface area contributed by atoms with Crippen LogP contribution in [0.3, 0.4) is 0 Å². The van der Waals surface area contributed by atoms with E-state index < -0.39 is 6.10 Å². The zero-order chi connectivity index (χ0) is 14.5. The number of nitrogens with zero attached hydrogens (tertiary/aromatic N) is 1. The Labute approximate surface area is 120 Å². The van der Waals surface area contributed by atoms with E-state index in [2.05, 4.69) is 31.0 Å². The Hall–Kier alpha value is -1.87. The second-order valence-corrected chi connectivity index (χ2v) is 5.36. The van der Waals surface area contributed by atoms with Gasteiger partial charge in [-0.05, 0) is 29.5 Å². The highest BCUT2D eigenvalue weighted by atomic mass is 16.5. The SMILES string of the molecule is COc1cnccc1C(O)c1cccc(CC(C)C)c1. The fourth-order valence-corrected chi connectivity index (χ4v) is 2.33. The molecule has 0 amide bonds. The lowest BCUT2D eigenvalue weighted by atomic mass is 9.96. The van der Waals surface area contributed by atoms with Crippen molar-refractivity contribution >= 4 is 0 Å². The second-order valence-electron chi connectivity index (χ2n) is 5.36. The molecule has 1 aromatic heterocycles. The molecule has 0 aliphatic carbocycles. The maximum atomic E-state index is 10.6. The Bertz CT molecular complexity index is 566. The highest BCUT2D eigenvalue weighted by Gasteiger charge is 2.15. The van der Waals surface area contributed by atoms with Crippen LogP contribution in [0.2, 0.25) is 0 Å². The average Bonchev–Trinajstić information content (AvgIpc) is 2.46. The van der Waals surface area contributed by atoms with E-state index in [4.69, 9.17) is 4.74 Å². The van der Waals surface area contributed by atoms with Crippen LogP contribution in [0.15, 0.2) is 42.7 Å². The van der Waals surface area contributed by atoms with Crippen LogP contribution >= 0.6 is 0 Å². The predicted molar refractivity (Wildman–Crippen MR) is 79.8 cm³/mol. The van der Waals surface area contributed by atoms with Gasteiger partial charge in [0.1, 0.15) is 11.9 Å². The fourth-order valence-electron chi connectivity index (χ4n) is 2.33. The summed E-state index contributed by atoms with van der Waals surface area (Å²) in [7, 11) is 1.59. The third kappa shape index (κ3) is 3.36. The van der Waals surface area contributed by atoms with Crippen LogP contribution in [-0.2, 0) is 6.42 Å². The lowest BCUT2D eigenvalue weighted by Gasteiger charge is -2.16. The Morgan fingerprint density at radius 3 is 2.75 bits per heavy atom. The summed E-state index contributed by atoms with van der Waals surface area (Å²) in [5.41, 5.74) is 2.86. The molecule has 0 spiro atoms. The predicted octanol–water partition coefficient (Wildman–Crippen LogP) is 3.37. The van der Waals surface area contributed by atoms with Crippen LogP contribution in [0.4, 0.5) is 0 Å². The molecular formula is C17H21NO2. The molecule has 0 radical (unpaired) electrons. The Kier molecular flexibility index (Phi) is 4.74. The number of aliphatic hydroxyl groups is 1. The first-order chi connectivity index (χ1) is 9.61. The molecule has 20 heavy (non-hydrogen) atoms. The van der Waals surface area contributed by atoms with Gasteiger partial charge >= 0.3 is 0 Å². The quantitative estimate of drug-likeness (QED) is 0.906. The number of aromatic nitrogens is 1. The van der Waals surface area contributed by atoms with E-state index in [0.29, 0.717) is 11.7 Å². The van der Waals surface area contributed by atoms with Crippen LogP contribution in [0, 0.1) is 5.92 Å². The van der Waals surface area contributed by atoms with Crippen molar-refractivity contribution in [3.63, 3.8) is 0 Å². The molecule has 0 fully saturated rings. The molecule has 3 heteroatoms. The first-order valence-corrected chi connectivity index (χ1v) is 6.86. The van der Waals surface area contributed by atoms with Gasteiger partial charge in [-0.15, -0.1) is 0 Å². The van der Waals surface area contributed by atoms with Gasteiger partial charge in [-0.2, -0.15) is 0 Å². The van der Waals surface area contributed by atoms with E-state index in [1.807, 2.05) is 12.1 Å². The van der Waals surface area contributed by atoms with Crippen molar-refractivity contribution in [2.75, 3.05) is 7.11 Å². The molecule has 2 aromatic rings. The first kappa shape index (κ1) is 14.5. The van der Waals surface area contributed by atoms with Crippen LogP contribution in [-0.4, -0.2) is 17.2 Å². The summed E-state index contributed by atoms with van der Waals surface area (Å²) in [6.07, 6.45) is 3.60. The lowest BCUT2D eigenvalue weighted by Crippen LogP contribution is -2.04. The molecular weight excluding hydrogens is 250 g/mol. The standard InChI is InChI=1S/C17H21NO2/c1-12(2)9-13-5-4-6-14(10-13)17(19)15-7-8-18-11-16(15)20-3/h4-8,10-12,17,19H,9H2,1-3H3. The van der Waals surface area contributed by atoms with Gasteiger partial charge in [-0.25, -0.2) is 0 Å². The van der Waals surface area contributed by atoms with Gasteiger partial charge < -0.3 is 9.84 Å². The number of rotatable bonds is 5. The van der Waals surface area contributed by atoms with E-state index in [9.17, 15) is 5.11 Å². The maximum Gasteiger partial charge on any atom is 0.143 e. The molecule has 1 unspecified atom stereocenters. The lowest BCUT2D eigenvalue weighted by molar-refractivity contribution is 0.214. The number of ether oxygens (including phenoxy) is 1. The highest BCUT2D eigenvalue weighted by Crippen LogP contribution is 2.29. The van der Waals surface area contributed by atoms with Gasteiger partial charge in [0.15, 0.2) is 0 Å². The van der Waals surface area contributed by atoms with E-state index in [1.165, 1.54) is 5.56 Å². The van der Waals surface area contributed by atoms with Crippen LogP contribution in [0.25, 0.3) is 0 Å². The molecule has 2 rings (SSSR count). The number of methoxy groups -OCH3 is 1. The van der Waals surface area contributed by atoms with Gasteiger partial charge in [0.05, 0.1) is 13.3 Å². The molecule has 1 heterocycles. The van der Waals surface area contributed by atoms with E-state index in [-0.39, 0.29) is 0 Å². The number of aliphatic hydroxyl groups excluding tert-OH is 1. The number of hydrogen-bond acceptors (Lipinski definition) is 3. The zero-order valence-electron chi connectivity index (χ0n) is 12.2. The van der Waals surface area contributed by atoms with Crippen molar-refractivity contribution in [2.45, 2.75) is 26.4 Å². The number of hydrogen-bond donors (Lipinski definition) is 1. The third-order valence-electron chi connectivity index (χ3n) is 3.24. The van der Waals surface area contributed by atoms with Gasteiger partial charge in [0, 0.05) is 11.8 Å². The summed E-state index contributed by atoms with van der Waals surface area (Å²) < 4.78 is 5.26. The molecule has 0 saturated carbocycles. The molecule has 1 N–H and O–H groups in total. The van der Waals surface area contributed by atoms with Gasteiger partial charge in [-0.3, -0.25) is 4.98 Å². The first-order valence-electron chi connectivity index (χ1n) is 6.86. The molecule has 0 aliphatic heterocycles. The number of benzene rings is 1. The summed E-state index contributed by atoms with van der Waals surface area (Å²) in [6, 6.07) is 9.88. The maximum absolute atomic E-state index is 10.6. The summed E-state index contributed by atoms with van der Waals surface area (Å²) in [5.74, 6) is 1.20. The van der Waals surface area contributed by atoms with Crippen molar-refractivity contribution in [3.8, 4) is 5.75 Å². The number of pyridine rings is 1. The normalized spacial score (nSPS) is 12.4. The van der Waals surface area contributed by atoms with Gasteiger partial charge in [0.2, 0.25) is 0 Å². The van der Waals surface area contributed by atoms with E-state index >= 15 is 0 Å². The summed E-state index contributed by atoms with van der Waals surface area (Å²) in [4.78, 5) is 4.01. The molecule has 0 aliphatic rings. The zero-order valence-corrected chi connectivity index (χ0v) is 12.2. The minimum absolute atomic E-state index is 0.595. The Balaban J connectivity index is 2.30. The third-order valence-corrected chi connectivity index (χ3v) is 3.24.